The molecule has 24 heavy (non-hydrogen) atoms. The summed E-state index contributed by atoms with van der Waals surface area (Å²) in [6.07, 6.45) is -3.47. The van der Waals surface area contributed by atoms with Gasteiger partial charge in [-0.15, -0.1) is 0 Å². The first-order valence-electron chi connectivity index (χ1n) is 6.99. The standard InChI is InChI=1S/C13H16F4N4O3/c1-20-8-2-3-21(4-7(8)10(19-20)11(18)23)9(22)5-24-6-13(16,17)12(14)15/h12H,2-6H2,1H3,(H2,18,23). The predicted octanol–water partition coefficient (Wildman–Crippen LogP) is 0.321. The summed E-state index contributed by atoms with van der Waals surface area (Å²) in [6, 6.07) is 0. The van der Waals surface area contributed by atoms with Gasteiger partial charge in [-0.05, 0) is 0 Å². The lowest BCUT2D eigenvalue weighted by Gasteiger charge is -2.27. The lowest BCUT2D eigenvalue weighted by atomic mass is 10.0. The number of aromatic nitrogens is 2. The van der Waals surface area contributed by atoms with Gasteiger partial charge in [-0.1, -0.05) is 0 Å². The number of ether oxygens (including phenoxy) is 1. The maximum absolute atomic E-state index is 12.7. The molecule has 0 bridgehead atoms. The van der Waals surface area contributed by atoms with Crippen LogP contribution in [0.25, 0.3) is 0 Å². The molecule has 0 fully saturated rings. The first kappa shape index (κ1) is 18.2. The van der Waals surface area contributed by atoms with Crippen LogP contribution in [0, 0.1) is 0 Å². The van der Waals surface area contributed by atoms with E-state index in [9.17, 15) is 27.2 Å². The third-order valence-corrected chi connectivity index (χ3v) is 3.67. The number of fused-ring (bicyclic) bond motifs is 1. The highest BCUT2D eigenvalue weighted by molar-refractivity contribution is 5.92. The molecule has 2 N–H and O–H groups in total. The molecule has 0 saturated carbocycles. The van der Waals surface area contributed by atoms with Crippen LogP contribution in [0.3, 0.4) is 0 Å². The Labute approximate surface area is 134 Å². The second-order valence-electron chi connectivity index (χ2n) is 5.38. The number of primary amides is 1. The van der Waals surface area contributed by atoms with E-state index < -0.39 is 37.4 Å². The van der Waals surface area contributed by atoms with E-state index in [1.165, 1.54) is 9.58 Å². The zero-order valence-corrected chi connectivity index (χ0v) is 12.8. The van der Waals surface area contributed by atoms with Crippen LogP contribution in [0.1, 0.15) is 21.7 Å². The molecule has 0 aliphatic carbocycles. The number of halogens is 4. The number of hydrogen-bond acceptors (Lipinski definition) is 4. The summed E-state index contributed by atoms with van der Waals surface area (Å²) in [4.78, 5) is 24.6. The number of nitrogens with zero attached hydrogens (tertiary/aromatic N) is 3. The second-order valence-corrected chi connectivity index (χ2v) is 5.38. The summed E-state index contributed by atoms with van der Waals surface area (Å²) in [6.45, 7) is -2.02. The molecule has 0 spiro atoms. The predicted molar refractivity (Wildman–Crippen MR) is 72.6 cm³/mol. The molecule has 1 aliphatic rings. The second kappa shape index (κ2) is 6.75. The van der Waals surface area contributed by atoms with Crippen molar-refractivity contribution in [2.24, 2.45) is 12.8 Å². The minimum absolute atomic E-state index is 0.0227. The van der Waals surface area contributed by atoms with Crippen molar-refractivity contribution in [2.45, 2.75) is 25.3 Å². The number of alkyl halides is 4. The molecule has 2 amide bonds. The van der Waals surface area contributed by atoms with Crippen LogP contribution < -0.4 is 5.73 Å². The van der Waals surface area contributed by atoms with E-state index in [1.807, 2.05) is 0 Å². The molecular formula is C13H16F4N4O3. The molecule has 0 aromatic carbocycles. The van der Waals surface area contributed by atoms with Gasteiger partial charge in [0.05, 0.1) is 0 Å². The van der Waals surface area contributed by atoms with Gasteiger partial charge >= 0.3 is 12.3 Å². The Morgan fingerprint density at radius 1 is 1.42 bits per heavy atom. The van der Waals surface area contributed by atoms with Crippen LogP contribution in [0.2, 0.25) is 0 Å². The molecule has 1 aliphatic heterocycles. The smallest absolute Gasteiger partial charge is 0.330 e. The van der Waals surface area contributed by atoms with Crippen molar-refractivity contribution >= 4 is 11.8 Å². The lowest BCUT2D eigenvalue weighted by molar-refractivity contribution is -0.171. The number of aryl methyl sites for hydroxylation is 1. The third-order valence-electron chi connectivity index (χ3n) is 3.67. The van der Waals surface area contributed by atoms with Crippen molar-refractivity contribution in [3.8, 4) is 0 Å². The monoisotopic (exact) mass is 352 g/mol. The summed E-state index contributed by atoms with van der Waals surface area (Å²) in [5.41, 5.74) is 6.51. The largest absolute Gasteiger partial charge is 0.365 e. The maximum Gasteiger partial charge on any atom is 0.330 e. The summed E-state index contributed by atoms with van der Waals surface area (Å²) >= 11 is 0. The average molecular weight is 352 g/mol. The number of hydrogen-bond donors (Lipinski definition) is 1. The highest BCUT2D eigenvalue weighted by Crippen LogP contribution is 2.24. The maximum atomic E-state index is 12.7. The van der Waals surface area contributed by atoms with Gasteiger partial charge in [0.25, 0.3) is 5.91 Å². The van der Waals surface area contributed by atoms with Crippen molar-refractivity contribution in [2.75, 3.05) is 19.8 Å². The van der Waals surface area contributed by atoms with Gasteiger partial charge in [0.2, 0.25) is 5.91 Å². The SMILES string of the molecule is Cn1nc(C(N)=O)c2c1CCN(C(=O)COCC(F)(F)C(F)F)C2. The summed E-state index contributed by atoms with van der Waals surface area (Å²) in [5.74, 6) is -5.70. The Kier molecular flexibility index (Phi) is 5.11. The van der Waals surface area contributed by atoms with Crippen LogP contribution in [0.15, 0.2) is 0 Å². The fourth-order valence-electron chi connectivity index (χ4n) is 2.43. The Hall–Kier alpha value is -2.17. The summed E-state index contributed by atoms with van der Waals surface area (Å²) in [7, 11) is 1.64. The molecule has 7 nitrogen and oxygen atoms in total. The van der Waals surface area contributed by atoms with Crippen LogP contribution in [0.5, 0.6) is 0 Å². The van der Waals surface area contributed by atoms with Crippen molar-refractivity contribution < 1.29 is 31.9 Å². The number of carbonyl (C=O) groups excluding carboxylic acids is 2. The normalized spacial score (nSPS) is 14.8. The minimum Gasteiger partial charge on any atom is -0.365 e. The van der Waals surface area contributed by atoms with E-state index in [0.717, 1.165) is 5.69 Å². The van der Waals surface area contributed by atoms with Gasteiger partial charge in [-0.2, -0.15) is 13.9 Å². The van der Waals surface area contributed by atoms with Gasteiger partial charge in [0.15, 0.2) is 5.69 Å². The number of nitrogens with two attached hydrogens (primary N) is 1. The highest BCUT2D eigenvalue weighted by atomic mass is 19.3. The van der Waals surface area contributed by atoms with Crippen LogP contribution in [0.4, 0.5) is 17.6 Å². The van der Waals surface area contributed by atoms with Crippen molar-refractivity contribution in [3.05, 3.63) is 17.0 Å². The molecule has 11 heteroatoms. The number of rotatable bonds is 6. The lowest BCUT2D eigenvalue weighted by Crippen LogP contribution is -2.40. The van der Waals surface area contributed by atoms with Gasteiger partial charge in [-0.25, -0.2) is 8.78 Å². The molecule has 2 rings (SSSR count). The Balaban J connectivity index is 1.98. The highest BCUT2D eigenvalue weighted by Gasteiger charge is 2.41. The van der Waals surface area contributed by atoms with Crippen molar-refractivity contribution in [1.82, 2.24) is 14.7 Å². The first-order chi connectivity index (χ1) is 11.1. The molecular weight excluding hydrogens is 336 g/mol. The summed E-state index contributed by atoms with van der Waals surface area (Å²) < 4.78 is 55.3. The molecule has 1 aromatic heterocycles. The van der Waals surface area contributed by atoms with Gasteiger partial charge in [0.1, 0.15) is 13.2 Å². The topological polar surface area (TPSA) is 90.5 Å². The quantitative estimate of drug-likeness (QED) is 0.747. The van der Waals surface area contributed by atoms with Crippen molar-refractivity contribution in [1.29, 1.82) is 0 Å². The fourth-order valence-corrected chi connectivity index (χ4v) is 2.43. The molecule has 0 saturated heterocycles. The van der Waals surface area contributed by atoms with E-state index >= 15 is 0 Å². The summed E-state index contributed by atoms with van der Waals surface area (Å²) in [5, 5.41) is 3.99. The van der Waals surface area contributed by atoms with E-state index in [2.05, 4.69) is 9.84 Å². The molecule has 1 aromatic rings. The Morgan fingerprint density at radius 2 is 2.08 bits per heavy atom. The zero-order valence-electron chi connectivity index (χ0n) is 12.8. The van der Waals surface area contributed by atoms with E-state index in [1.54, 1.807) is 7.05 Å². The van der Waals surface area contributed by atoms with Crippen molar-refractivity contribution in [3.63, 3.8) is 0 Å². The van der Waals surface area contributed by atoms with Crippen LogP contribution in [-0.4, -0.2) is 58.6 Å². The number of carbonyl (C=O) groups is 2. The zero-order chi connectivity index (χ0) is 18.1. The number of amides is 2. The molecule has 0 unspecified atom stereocenters. The average Bonchev–Trinajstić information content (AvgIpc) is 2.83. The van der Waals surface area contributed by atoms with Gasteiger partial charge < -0.3 is 15.4 Å². The van der Waals surface area contributed by atoms with Gasteiger partial charge in [0, 0.05) is 37.8 Å². The van der Waals surface area contributed by atoms with Gasteiger partial charge in [-0.3, -0.25) is 14.3 Å². The van der Waals surface area contributed by atoms with Crippen LogP contribution in [-0.2, 0) is 29.5 Å². The minimum atomic E-state index is -4.31. The van der Waals surface area contributed by atoms with E-state index in [4.69, 9.17) is 5.73 Å². The molecule has 0 atom stereocenters. The Morgan fingerprint density at radius 3 is 2.67 bits per heavy atom. The fraction of sp³-hybridized carbons (Fsp3) is 0.615. The molecule has 0 radical (unpaired) electrons. The Bertz CT molecular complexity index is 647. The van der Waals surface area contributed by atoms with Crippen LogP contribution >= 0.6 is 0 Å². The first-order valence-corrected chi connectivity index (χ1v) is 6.99. The van der Waals surface area contributed by atoms with E-state index in [0.29, 0.717) is 12.0 Å². The molecule has 2 heterocycles. The third kappa shape index (κ3) is 3.66. The van der Waals surface area contributed by atoms with E-state index in [-0.39, 0.29) is 18.8 Å². The molecule has 134 valence electrons.